The van der Waals surface area contributed by atoms with Crippen LogP contribution in [0.4, 0.5) is 11.4 Å². The lowest BCUT2D eigenvalue weighted by Gasteiger charge is -2.20. The Hall–Kier alpha value is -1.62. The topological polar surface area (TPSA) is 64.4 Å². The number of ether oxygens (including phenoxy) is 1. The first kappa shape index (κ1) is 11.9. The smallest absolute Gasteiger partial charge is 0.271 e. The maximum absolute atomic E-state index is 10.6. The maximum Gasteiger partial charge on any atom is 0.271 e. The largest absolute Gasteiger partial charge is 0.380 e. The molecule has 0 saturated carbocycles. The van der Waals surface area contributed by atoms with E-state index in [0.29, 0.717) is 0 Å². The summed E-state index contributed by atoms with van der Waals surface area (Å²) >= 11 is 0. The van der Waals surface area contributed by atoms with Gasteiger partial charge in [0.1, 0.15) is 0 Å². The van der Waals surface area contributed by atoms with Gasteiger partial charge in [-0.1, -0.05) is 6.07 Å². The van der Waals surface area contributed by atoms with Crippen LogP contribution in [-0.4, -0.2) is 23.7 Å². The zero-order chi connectivity index (χ0) is 12.3. The summed E-state index contributed by atoms with van der Waals surface area (Å²) in [5, 5.41) is 13.9. The lowest BCUT2D eigenvalue weighted by atomic mass is 10.1. The molecule has 5 nitrogen and oxygen atoms in total. The van der Waals surface area contributed by atoms with E-state index >= 15 is 0 Å². The van der Waals surface area contributed by atoms with Crippen LogP contribution in [0.1, 0.15) is 19.8 Å². The van der Waals surface area contributed by atoms with E-state index in [1.165, 1.54) is 6.07 Å². The van der Waals surface area contributed by atoms with Crippen molar-refractivity contribution in [3.05, 3.63) is 34.4 Å². The number of nitrogens with zero attached hydrogens (tertiary/aromatic N) is 1. The molecule has 0 amide bonds. The number of nitrogens with one attached hydrogen (secondary N) is 1. The molecule has 2 atom stereocenters. The zero-order valence-corrected chi connectivity index (χ0v) is 9.76. The number of benzene rings is 1. The van der Waals surface area contributed by atoms with E-state index in [4.69, 9.17) is 4.74 Å². The monoisotopic (exact) mass is 236 g/mol. The molecule has 0 aliphatic carbocycles. The lowest BCUT2D eigenvalue weighted by Crippen LogP contribution is -2.29. The fraction of sp³-hybridized carbons (Fsp3) is 0.500. The van der Waals surface area contributed by atoms with Crippen LogP contribution < -0.4 is 5.32 Å². The van der Waals surface area contributed by atoms with Gasteiger partial charge in [-0.25, -0.2) is 0 Å². The molecule has 17 heavy (non-hydrogen) atoms. The van der Waals surface area contributed by atoms with E-state index in [1.807, 2.05) is 13.0 Å². The molecule has 1 heterocycles. The quantitative estimate of drug-likeness (QED) is 0.644. The van der Waals surface area contributed by atoms with Crippen molar-refractivity contribution in [2.45, 2.75) is 31.9 Å². The van der Waals surface area contributed by atoms with Gasteiger partial charge in [0, 0.05) is 30.5 Å². The van der Waals surface area contributed by atoms with Gasteiger partial charge in [0.25, 0.3) is 5.69 Å². The standard InChI is InChI=1S/C12H16N2O3/c1-9(12-6-3-7-17-12)13-10-4-2-5-11(8-10)14(15)16/h2,4-5,8-9,12-13H,3,6-7H2,1H3. The van der Waals surface area contributed by atoms with Gasteiger partial charge in [-0.05, 0) is 25.8 Å². The van der Waals surface area contributed by atoms with Crippen LogP contribution in [0.15, 0.2) is 24.3 Å². The predicted molar refractivity (Wildman–Crippen MR) is 65.2 cm³/mol. The summed E-state index contributed by atoms with van der Waals surface area (Å²) in [6.07, 6.45) is 2.34. The third-order valence-electron chi connectivity index (χ3n) is 2.97. The van der Waals surface area contributed by atoms with E-state index in [2.05, 4.69) is 5.32 Å². The summed E-state index contributed by atoms with van der Waals surface area (Å²) < 4.78 is 5.57. The van der Waals surface area contributed by atoms with Gasteiger partial charge in [-0.2, -0.15) is 0 Å². The van der Waals surface area contributed by atoms with Gasteiger partial charge >= 0.3 is 0 Å². The second kappa shape index (κ2) is 5.14. The number of hydrogen-bond acceptors (Lipinski definition) is 4. The van der Waals surface area contributed by atoms with Crippen LogP contribution in [0, 0.1) is 10.1 Å². The van der Waals surface area contributed by atoms with Gasteiger partial charge in [0.2, 0.25) is 0 Å². The summed E-state index contributed by atoms with van der Waals surface area (Å²) in [7, 11) is 0. The van der Waals surface area contributed by atoms with Crippen LogP contribution in [0.5, 0.6) is 0 Å². The van der Waals surface area contributed by atoms with Gasteiger partial charge in [-0.3, -0.25) is 10.1 Å². The molecule has 5 heteroatoms. The van der Waals surface area contributed by atoms with Crippen LogP contribution in [0.25, 0.3) is 0 Å². The van der Waals surface area contributed by atoms with Crippen molar-refractivity contribution in [3.63, 3.8) is 0 Å². The number of non-ortho nitro benzene ring substituents is 1. The normalized spacial score (nSPS) is 21.1. The van der Waals surface area contributed by atoms with E-state index < -0.39 is 0 Å². The number of nitro groups is 1. The molecule has 0 bridgehead atoms. The highest BCUT2D eigenvalue weighted by Gasteiger charge is 2.22. The second-order valence-corrected chi connectivity index (χ2v) is 4.29. The van der Waals surface area contributed by atoms with Crippen molar-refractivity contribution in [3.8, 4) is 0 Å². The molecule has 1 aliphatic heterocycles. The summed E-state index contributed by atoms with van der Waals surface area (Å²) in [5.74, 6) is 0. The first-order valence-corrected chi connectivity index (χ1v) is 5.79. The van der Waals surface area contributed by atoms with Crippen molar-refractivity contribution in [2.75, 3.05) is 11.9 Å². The van der Waals surface area contributed by atoms with E-state index in [9.17, 15) is 10.1 Å². The minimum absolute atomic E-state index is 0.106. The Bertz CT molecular complexity index is 402. The molecular formula is C12H16N2O3. The molecule has 1 saturated heterocycles. The summed E-state index contributed by atoms with van der Waals surface area (Å²) in [5.41, 5.74) is 0.872. The van der Waals surface area contributed by atoms with Crippen molar-refractivity contribution in [1.29, 1.82) is 0 Å². The highest BCUT2D eigenvalue weighted by Crippen LogP contribution is 2.21. The Morgan fingerprint density at radius 1 is 1.59 bits per heavy atom. The minimum atomic E-state index is -0.387. The average molecular weight is 236 g/mol. The van der Waals surface area contributed by atoms with E-state index in [1.54, 1.807) is 12.1 Å². The zero-order valence-electron chi connectivity index (χ0n) is 9.76. The molecule has 1 fully saturated rings. The highest BCUT2D eigenvalue weighted by molar-refractivity contribution is 5.51. The Labute approximate surface area is 99.9 Å². The first-order valence-electron chi connectivity index (χ1n) is 5.79. The van der Waals surface area contributed by atoms with Crippen LogP contribution in [0.3, 0.4) is 0 Å². The van der Waals surface area contributed by atoms with E-state index in [-0.39, 0.29) is 22.8 Å². The second-order valence-electron chi connectivity index (χ2n) is 4.29. The molecule has 92 valence electrons. The van der Waals surface area contributed by atoms with Crippen molar-refractivity contribution >= 4 is 11.4 Å². The molecule has 1 aromatic rings. The Morgan fingerprint density at radius 3 is 3.06 bits per heavy atom. The maximum atomic E-state index is 10.6. The minimum Gasteiger partial charge on any atom is -0.380 e. The summed E-state index contributed by atoms with van der Waals surface area (Å²) in [6.45, 7) is 2.85. The predicted octanol–water partition coefficient (Wildman–Crippen LogP) is 2.57. The van der Waals surface area contributed by atoms with Gasteiger partial charge in [-0.15, -0.1) is 0 Å². The third kappa shape index (κ3) is 2.94. The van der Waals surface area contributed by atoms with Crippen molar-refractivity contribution in [1.82, 2.24) is 0 Å². The van der Waals surface area contributed by atoms with Crippen LogP contribution in [-0.2, 0) is 4.74 Å². The number of rotatable bonds is 4. The molecule has 2 rings (SSSR count). The average Bonchev–Trinajstić information content (AvgIpc) is 2.82. The van der Waals surface area contributed by atoms with Gasteiger partial charge in [0.15, 0.2) is 0 Å². The lowest BCUT2D eigenvalue weighted by molar-refractivity contribution is -0.384. The number of hydrogen-bond donors (Lipinski definition) is 1. The third-order valence-corrected chi connectivity index (χ3v) is 2.97. The Balaban J connectivity index is 2.02. The first-order chi connectivity index (χ1) is 8.16. The Morgan fingerprint density at radius 2 is 2.41 bits per heavy atom. The Kier molecular flexibility index (Phi) is 3.58. The van der Waals surface area contributed by atoms with Gasteiger partial charge < -0.3 is 10.1 Å². The molecule has 0 radical (unpaired) electrons. The number of nitro benzene ring substituents is 1. The molecule has 1 aliphatic rings. The molecule has 2 unspecified atom stereocenters. The molecule has 0 spiro atoms. The fourth-order valence-electron chi connectivity index (χ4n) is 2.06. The SMILES string of the molecule is CC(Nc1cccc([N+](=O)[O-])c1)C1CCCO1. The number of anilines is 1. The summed E-state index contributed by atoms with van der Waals surface area (Å²) in [4.78, 5) is 10.3. The van der Waals surface area contributed by atoms with Crippen LogP contribution in [0.2, 0.25) is 0 Å². The molecule has 0 aromatic heterocycles. The van der Waals surface area contributed by atoms with E-state index in [0.717, 1.165) is 25.1 Å². The highest BCUT2D eigenvalue weighted by atomic mass is 16.6. The summed E-state index contributed by atoms with van der Waals surface area (Å²) in [6, 6.07) is 6.72. The molecule has 1 N–H and O–H groups in total. The van der Waals surface area contributed by atoms with Crippen LogP contribution >= 0.6 is 0 Å². The van der Waals surface area contributed by atoms with Crippen molar-refractivity contribution < 1.29 is 9.66 Å². The van der Waals surface area contributed by atoms with Crippen molar-refractivity contribution in [2.24, 2.45) is 0 Å². The molecule has 1 aromatic carbocycles. The fourth-order valence-corrected chi connectivity index (χ4v) is 2.06. The molecular weight excluding hydrogens is 220 g/mol. The van der Waals surface area contributed by atoms with Gasteiger partial charge in [0.05, 0.1) is 11.0 Å².